The van der Waals surface area contributed by atoms with E-state index in [1.165, 1.54) is 32.1 Å². The minimum absolute atomic E-state index is 0.174. The van der Waals surface area contributed by atoms with Gasteiger partial charge in [0, 0.05) is 22.0 Å². The molecule has 1 aromatic rings. The van der Waals surface area contributed by atoms with Crippen LogP contribution < -0.4 is 0 Å². The summed E-state index contributed by atoms with van der Waals surface area (Å²) >= 11 is 6.94. The van der Waals surface area contributed by atoms with Gasteiger partial charge in [-0.1, -0.05) is 35.2 Å². The molecule has 1 heterocycles. The molecule has 3 rings (SSSR count). The number of rotatable bonds is 1. The highest BCUT2D eigenvalue weighted by molar-refractivity contribution is 9.11. The zero-order chi connectivity index (χ0) is 14.1. The Morgan fingerprint density at radius 2 is 1.85 bits per heavy atom. The van der Waals surface area contributed by atoms with Crippen LogP contribution in [-0.2, 0) is 0 Å². The lowest BCUT2D eigenvalue weighted by Crippen LogP contribution is -2.44. The van der Waals surface area contributed by atoms with E-state index in [0.29, 0.717) is 0 Å². The summed E-state index contributed by atoms with van der Waals surface area (Å²) in [7, 11) is 0. The van der Waals surface area contributed by atoms with Gasteiger partial charge in [0.15, 0.2) is 0 Å². The topological polar surface area (TPSA) is 20.3 Å². The number of hydrogen-bond donors (Lipinski definition) is 0. The molecule has 0 radical (unpaired) electrons. The number of likely N-dealkylation sites (tertiary alicyclic amines) is 1. The number of carbonyl (C=O) groups excluding carboxylic acids is 1. The molecule has 2 aliphatic rings. The molecule has 1 saturated carbocycles. The largest absolute Gasteiger partial charge is 0.338 e. The molecule has 2 atom stereocenters. The van der Waals surface area contributed by atoms with E-state index in [2.05, 4.69) is 36.8 Å². The third-order valence-corrected chi connectivity index (χ3v) is 5.89. The van der Waals surface area contributed by atoms with Gasteiger partial charge in [0.25, 0.3) is 5.91 Å². The monoisotopic (exact) mass is 399 g/mol. The van der Waals surface area contributed by atoms with Crippen molar-refractivity contribution < 1.29 is 4.79 Å². The average molecular weight is 401 g/mol. The minimum Gasteiger partial charge on any atom is -0.338 e. The van der Waals surface area contributed by atoms with Gasteiger partial charge in [-0.3, -0.25) is 4.79 Å². The van der Waals surface area contributed by atoms with Gasteiger partial charge in [-0.15, -0.1) is 0 Å². The fraction of sp³-hybridized carbons (Fsp3) is 0.562. The number of hydrogen-bond acceptors (Lipinski definition) is 1. The second kappa shape index (κ2) is 6.18. The molecule has 1 amide bonds. The van der Waals surface area contributed by atoms with E-state index in [1.807, 2.05) is 18.2 Å². The second-order valence-corrected chi connectivity index (χ2v) is 7.74. The van der Waals surface area contributed by atoms with Crippen LogP contribution in [0.25, 0.3) is 0 Å². The lowest BCUT2D eigenvalue weighted by Gasteiger charge is -2.41. The summed E-state index contributed by atoms with van der Waals surface area (Å²) < 4.78 is 1.87. The molecule has 1 aromatic carbocycles. The molecule has 2 fully saturated rings. The molecule has 0 bridgehead atoms. The summed E-state index contributed by atoms with van der Waals surface area (Å²) in [6.07, 6.45) is 6.58. The Morgan fingerprint density at radius 1 is 1.10 bits per heavy atom. The third-order valence-electron chi connectivity index (χ3n) is 4.74. The summed E-state index contributed by atoms with van der Waals surface area (Å²) in [5.74, 6) is 1.77. The van der Waals surface area contributed by atoms with E-state index in [9.17, 15) is 4.79 Å². The Kier molecular flexibility index (Phi) is 4.51. The van der Waals surface area contributed by atoms with Crippen molar-refractivity contribution >= 4 is 37.8 Å². The molecule has 1 aliphatic carbocycles. The predicted molar refractivity (Wildman–Crippen MR) is 87.8 cm³/mol. The fourth-order valence-electron chi connectivity index (χ4n) is 3.62. The second-order valence-electron chi connectivity index (χ2n) is 5.97. The van der Waals surface area contributed by atoms with Crippen molar-refractivity contribution in [3.8, 4) is 0 Å². The number of amides is 1. The first-order valence-electron chi connectivity index (χ1n) is 7.39. The Labute approximate surface area is 137 Å². The number of nitrogens with zero attached hydrogens (tertiary/aromatic N) is 1. The molecule has 4 heteroatoms. The van der Waals surface area contributed by atoms with Crippen molar-refractivity contribution in [3.63, 3.8) is 0 Å². The predicted octanol–water partition coefficient (Wildman–Crippen LogP) is 4.86. The molecule has 1 aliphatic heterocycles. The van der Waals surface area contributed by atoms with Gasteiger partial charge in [0.2, 0.25) is 0 Å². The van der Waals surface area contributed by atoms with E-state index in [-0.39, 0.29) is 5.91 Å². The lowest BCUT2D eigenvalue weighted by atomic mass is 9.75. The van der Waals surface area contributed by atoms with E-state index >= 15 is 0 Å². The maximum atomic E-state index is 12.7. The van der Waals surface area contributed by atoms with Gasteiger partial charge >= 0.3 is 0 Å². The Balaban J connectivity index is 1.74. The van der Waals surface area contributed by atoms with Crippen LogP contribution in [0.2, 0.25) is 0 Å². The number of carbonyl (C=O) groups is 1. The van der Waals surface area contributed by atoms with Crippen LogP contribution in [-0.4, -0.2) is 23.9 Å². The van der Waals surface area contributed by atoms with Crippen LogP contribution in [0.15, 0.2) is 27.1 Å². The number of benzene rings is 1. The third kappa shape index (κ3) is 2.96. The highest BCUT2D eigenvalue weighted by atomic mass is 79.9. The maximum absolute atomic E-state index is 12.7. The van der Waals surface area contributed by atoms with Crippen LogP contribution in [0, 0.1) is 11.8 Å². The van der Waals surface area contributed by atoms with Crippen LogP contribution in [0.1, 0.15) is 42.5 Å². The summed E-state index contributed by atoms with van der Waals surface area (Å²) in [5, 5.41) is 0. The molecule has 2 nitrogen and oxygen atoms in total. The van der Waals surface area contributed by atoms with Crippen LogP contribution >= 0.6 is 31.9 Å². The van der Waals surface area contributed by atoms with Gasteiger partial charge in [0.1, 0.15) is 0 Å². The molecule has 2 unspecified atom stereocenters. The Hall–Kier alpha value is -0.350. The van der Waals surface area contributed by atoms with Crippen molar-refractivity contribution in [1.29, 1.82) is 0 Å². The first-order valence-corrected chi connectivity index (χ1v) is 8.98. The van der Waals surface area contributed by atoms with Crippen molar-refractivity contribution in [3.05, 3.63) is 32.7 Å². The summed E-state index contributed by atoms with van der Waals surface area (Å²) in [5.41, 5.74) is 0.780. The number of piperidine rings is 1. The van der Waals surface area contributed by atoms with E-state index in [0.717, 1.165) is 39.4 Å². The van der Waals surface area contributed by atoms with E-state index in [4.69, 9.17) is 0 Å². The SMILES string of the molecule is O=C(c1ccc(Br)cc1Br)N1CCC2CCCCC2C1. The smallest absolute Gasteiger partial charge is 0.255 e. The quantitative estimate of drug-likeness (QED) is 0.658. The first kappa shape index (κ1) is 14.6. The summed E-state index contributed by atoms with van der Waals surface area (Å²) in [6, 6.07) is 5.79. The van der Waals surface area contributed by atoms with Crippen molar-refractivity contribution in [2.45, 2.75) is 32.1 Å². The Bertz CT molecular complexity index is 517. The van der Waals surface area contributed by atoms with Crippen molar-refractivity contribution in [1.82, 2.24) is 4.90 Å². The van der Waals surface area contributed by atoms with Crippen LogP contribution in [0.4, 0.5) is 0 Å². The first-order chi connectivity index (χ1) is 9.65. The van der Waals surface area contributed by atoms with E-state index in [1.54, 1.807) is 0 Å². The van der Waals surface area contributed by atoms with Crippen molar-refractivity contribution in [2.24, 2.45) is 11.8 Å². The van der Waals surface area contributed by atoms with Crippen LogP contribution in [0.3, 0.4) is 0 Å². The lowest BCUT2D eigenvalue weighted by molar-refractivity contribution is 0.0520. The molecule has 1 saturated heterocycles. The maximum Gasteiger partial charge on any atom is 0.255 e. The Morgan fingerprint density at radius 3 is 2.60 bits per heavy atom. The molecule has 0 N–H and O–H groups in total. The standard InChI is InChI=1S/C16H19Br2NO/c17-13-5-6-14(15(18)9-13)16(20)19-8-7-11-3-1-2-4-12(11)10-19/h5-6,9,11-12H,1-4,7-8,10H2. The molecule has 20 heavy (non-hydrogen) atoms. The highest BCUT2D eigenvalue weighted by Crippen LogP contribution is 2.36. The molecule has 108 valence electrons. The fourth-order valence-corrected chi connectivity index (χ4v) is 4.84. The zero-order valence-corrected chi connectivity index (χ0v) is 14.6. The number of fused-ring (bicyclic) bond motifs is 1. The molecule has 0 aromatic heterocycles. The number of halogens is 2. The van der Waals surface area contributed by atoms with Crippen molar-refractivity contribution in [2.75, 3.05) is 13.1 Å². The minimum atomic E-state index is 0.174. The van der Waals surface area contributed by atoms with Gasteiger partial charge in [0.05, 0.1) is 5.56 Å². The van der Waals surface area contributed by atoms with Gasteiger partial charge < -0.3 is 4.90 Å². The highest BCUT2D eigenvalue weighted by Gasteiger charge is 2.33. The zero-order valence-electron chi connectivity index (χ0n) is 11.4. The van der Waals surface area contributed by atoms with Crippen LogP contribution in [0.5, 0.6) is 0 Å². The molecule has 0 spiro atoms. The van der Waals surface area contributed by atoms with Gasteiger partial charge in [-0.05, 0) is 58.8 Å². The normalized spacial score (nSPS) is 26.2. The molecular formula is C16H19Br2NO. The van der Waals surface area contributed by atoms with Gasteiger partial charge in [-0.25, -0.2) is 0 Å². The molecular weight excluding hydrogens is 382 g/mol. The average Bonchev–Trinajstić information content (AvgIpc) is 2.46. The summed E-state index contributed by atoms with van der Waals surface area (Å²) in [4.78, 5) is 14.7. The van der Waals surface area contributed by atoms with Gasteiger partial charge in [-0.2, -0.15) is 0 Å². The van der Waals surface area contributed by atoms with E-state index < -0.39 is 0 Å². The summed E-state index contributed by atoms with van der Waals surface area (Å²) in [6.45, 7) is 1.87.